The molecule has 9 heteroatoms. The minimum Gasteiger partial charge on any atom is -0.383 e. The van der Waals surface area contributed by atoms with Crippen molar-refractivity contribution >= 4 is 17.6 Å². The lowest BCUT2D eigenvalue weighted by atomic mass is 10.1. The molecule has 0 aliphatic rings. The maximum absolute atomic E-state index is 12.2. The van der Waals surface area contributed by atoms with E-state index in [-0.39, 0.29) is 11.9 Å². The van der Waals surface area contributed by atoms with Crippen molar-refractivity contribution in [3.05, 3.63) is 41.0 Å². The lowest BCUT2D eigenvalue weighted by Gasteiger charge is -2.15. The number of amides is 3. The first-order valence-electron chi connectivity index (χ1n) is 8.25. The average Bonchev–Trinajstić information content (AvgIpc) is 3.03. The van der Waals surface area contributed by atoms with Crippen molar-refractivity contribution in [2.45, 2.75) is 26.8 Å². The van der Waals surface area contributed by atoms with Crippen LogP contribution in [0.3, 0.4) is 0 Å². The van der Waals surface area contributed by atoms with Crippen LogP contribution in [0.1, 0.15) is 40.5 Å². The van der Waals surface area contributed by atoms with Gasteiger partial charge in [0.25, 0.3) is 5.91 Å². The summed E-state index contributed by atoms with van der Waals surface area (Å²) in [5, 5.41) is 15.0. The van der Waals surface area contributed by atoms with E-state index in [1.54, 1.807) is 46.1 Å². The molecule has 1 aromatic heterocycles. The number of hydrogen-bond acceptors (Lipinski definition) is 5. The molecule has 0 aliphatic carbocycles. The smallest absolute Gasteiger partial charge is 0.319 e. The van der Waals surface area contributed by atoms with Gasteiger partial charge in [-0.2, -0.15) is 5.10 Å². The molecule has 0 spiro atoms. The van der Waals surface area contributed by atoms with Gasteiger partial charge in [0.1, 0.15) is 5.82 Å². The van der Waals surface area contributed by atoms with E-state index in [2.05, 4.69) is 31.1 Å². The van der Waals surface area contributed by atoms with Gasteiger partial charge in [-0.25, -0.2) is 9.78 Å². The van der Waals surface area contributed by atoms with Crippen molar-refractivity contribution in [2.24, 2.45) is 0 Å². The summed E-state index contributed by atoms with van der Waals surface area (Å²) >= 11 is 0. The summed E-state index contributed by atoms with van der Waals surface area (Å²) in [5.74, 6) is 0.964. The van der Waals surface area contributed by atoms with Crippen LogP contribution >= 0.6 is 0 Å². The van der Waals surface area contributed by atoms with Gasteiger partial charge in [-0.1, -0.05) is 6.07 Å². The van der Waals surface area contributed by atoms with Crippen molar-refractivity contribution in [3.63, 3.8) is 0 Å². The minimum absolute atomic E-state index is 0.215. The van der Waals surface area contributed by atoms with Crippen LogP contribution in [-0.4, -0.2) is 47.4 Å². The number of aromatic amines is 1. The van der Waals surface area contributed by atoms with Crippen LogP contribution in [-0.2, 0) is 4.74 Å². The number of ether oxygens (including phenoxy) is 1. The van der Waals surface area contributed by atoms with Gasteiger partial charge < -0.3 is 20.7 Å². The Hall–Kier alpha value is -2.94. The third-order valence-corrected chi connectivity index (χ3v) is 3.77. The van der Waals surface area contributed by atoms with Crippen LogP contribution < -0.4 is 16.0 Å². The number of urea groups is 1. The van der Waals surface area contributed by atoms with Crippen LogP contribution in [0.25, 0.3) is 0 Å². The number of methoxy groups -OCH3 is 1. The molecule has 3 amide bonds. The van der Waals surface area contributed by atoms with Crippen molar-refractivity contribution in [3.8, 4) is 0 Å². The zero-order chi connectivity index (χ0) is 19.1. The third kappa shape index (κ3) is 5.03. The normalized spacial score (nSPS) is 11.7. The molecule has 0 radical (unpaired) electrons. The molecule has 0 fully saturated rings. The van der Waals surface area contributed by atoms with E-state index < -0.39 is 6.03 Å². The number of benzene rings is 1. The molecule has 26 heavy (non-hydrogen) atoms. The monoisotopic (exact) mass is 360 g/mol. The Morgan fingerprint density at radius 3 is 2.73 bits per heavy atom. The van der Waals surface area contributed by atoms with E-state index >= 15 is 0 Å². The van der Waals surface area contributed by atoms with E-state index in [0.29, 0.717) is 41.6 Å². The molecule has 1 atom stereocenters. The van der Waals surface area contributed by atoms with Gasteiger partial charge in [-0.05, 0) is 38.5 Å². The topological polar surface area (TPSA) is 121 Å². The maximum Gasteiger partial charge on any atom is 0.319 e. The largest absolute Gasteiger partial charge is 0.383 e. The standard InChI is InChI=1S/C17H24N6O3/c1-10-13(16(24)18-8-9-26-4)6-5-7-14(10)21-17(25)19-11(2)15-20-12(3)22-23-15/h5-7,11H,8-9H2,1-4H3,(H,18,24)(H2,19,21,25)(H,20,22,23)/t11-/m1/s1. The number of carbonyl (C=O) groups is 2. The summed E-state index contributed by atoms with van der Waals surface area (Å²) in [5.41, 5.74) is 1.73. The molecular weight excluding hydrogens is 336 g/mol. The first-order valence-corrected chi connectivity index (χ1v) is 8.25. The van der Waals surface area contributed by atoms with Crippen molar-refractivity contribution in [2.75, 3.05) is 25.6 Å². The van der Waals surface area contributed by atoms with Crippen molar-refractivity contribution < 1.29 is 14.3 Å². The van der Waals surface area contributed by atoms with Crippen LogP contribution in [0.2, 0.25) is 0 Å². The Morgan fingerprint density at radius 2 is 2.08 bits per heavy atom. The number of nitrogens with one attached hydrogen (secondary N) is 4. The minimum atomic E-state index is -0.403. The molecule has 1 heterocycles. The van der Waals surface area contributed by atoms with E-state index in [0.717, 1.165) is 0 Å². The van der Waals surface area contributed by atoms with Crippen molar-refractivity contribution in [1.82, 2.24) is 25.8 Å². The molecule has 2 aromatic rings. The number of carbonyl (C=O) groups excluding carboxylic acids is 2. The third-order valence-electron chi connectivity index (χ3n) is 3.77. The van der Waals surface area contributed by atoms with Gasteiger partial charge in [0.15, 0.2) is 5.82 Å². The quantitative estimate of drug-likeness (QED) is 0.560. The predicted octanol–water partition coefficient (Wildman–Crippen LogP) is 1.68. The molecule has 1 aromatic carbocycles. The Morgan fingerprint density at radius 1 is 1.31 bits per heavy atom. The highest BCUT2D eigenvalue weighted by molar-refractivity contribution is 5.99. The Balaban J connectivity index is 2.01. The second-order valence-electron chi connectivity index (χ2n) is 5.83. The molecule has 0 aliphatic heterocycles. The fraction of sp³-hybridized carbons (Fsp3) is 0.412. The summed E-state index contributed by atoms with van der Waals surface area (Å²) < 4.78 is 4.92. The van der Waals surface area contributed by atoms with Gasteiger partial charge in [0.05, 0.1) is 12.6 Å². The van der Waals surface area contributed by atoms with Gasteiger partial charge in [-0.15, -0.1) is 0 Å². The van der Waals surface area contributed by atoms with Crippen LogP contribution in [0.4, 0.5) is 10.5 Å². The molecule has 0 saturated heterocycles. The fourth-order valence-corrected chi connectivity index (χ4v) is 2.35. The molecule has 9 nitrogen and oxygen atoms in total. The Labute approximate surface area is 151 Å². The highest BCUT2D eigenvalue weighted by Gasteiger charge is 2.16. The van der Waals surface area contributed by atoms with Crippen LogP contribution in [0.15, 0.2) is 18.2 Å². The number of rotatable bonds is 7. The summed E-state index contributed by atoms with van der Waals surface area (Å²) in [6.07, 6.45) is 0. The average molecular weight is 360 g/mol. The molecule has 0 unspecified atom stereocenters. The highest BCUT2D eigenvalue weighted by Crippen LogP contribution is 2.19. The van der Waals surface area contributed by atoms with E-state index in [1.165, 1.54) is 0 Å². The Bertz CT molecular complexity index is 774. The molecular formula is C17H24N6O3. The molecule has 2 rings (SSSR count). The fourth-order valence-electron chi connectivity index (χ4n) is 2.35. The number of aromatic nitrogens is 3. The number of hydrogen-bond donors (Lipinski definition) is 4. The van der Waals surface area contributed by atoms with Gasteiger partial charge in [0, 0.05) is 24.9 Å². The van der Waals surface area contributed by atoms with E-state index in [9.17, 15) is 9.59 Å². The van der Waals surface area contributed by atoms with Gasteiger partial charge >= 0.3 is 6.03 Å². The second kappa shape index (κ2) is 8.95. The summed E-state index contributed by atoms with van der Waals surface area (Å²) in [6.45, 7) is 6.21. The van der Waals surface area contributed by atoms with E-state index in [1.807, 2.05) is 0 Å². The lowest BCUT2D eigenvalue weighted by molar-refractivity contribution is 0.0936. The highest BCUT2D eigenvalue weighted by atomic mass is 16.5. The van der Waals surface area contributed by atoms with E-state index in [4.69, 9.17) is 4.74 Å². The Kier molecular flexibility index (Phi) is 6.67. The molecule has 0 saturated carbocycles. The zero-order valence-electron chi connectivity index (χ0n) is 15.3. The SMILES string of the molecule is COCCNC(=O)c1cccc(NC(=O)N[C@H](C)c2n[nH]c(C)n2)c1C. The summed E-state index contributed by atoms with van der Waals surface area (Å²) in [6, 6.07) is 4.40. The molecule has 140 valence electrons. The molecule has 4 N–H and O–H groups in total. The lowest BCUT2D eigenvalue weighted by Crippen LogP contribution is -2.32. The molecule has 0 bridgehead atoms. The number of aryl methyl sites for hydroxylation is 1. The second-order valence-corrected chi connectivity index (χ2v) is 5.83. The van der Waals surface area contributed by atoms with Crippen LogP contribution in [0, 0.1) is 13.8 Å². The van der Waals surface area contributed by atoms with Gasteiger partial charge in [-0.3, -0.25) is 9.89 Å². The summed E-state index contributed by atoms with van der Waals surface area (Å²) in [7, 11) is 1.57. The number of H-pyrrole nitrogens is 1. The zero-order valence-corrected chi connectivity index (χ0v) is 15.3. The first-order chi connectivity index (χ1) is 12.4. The maximum atomic E-state index is 12.2. The predicted molar refractivity (Wildman–Crippen MR) is 97.1 cm³/mol. The van der Waals surface area contributed by atoms with Gasteiger partial charge in [0.2, 0.25) is 0 Å². The number of nitrogens with zero attached hydrogens (tertiary/aromatic N) is 2. The number of anilines is 1. The summed E-state index contributed by atoms with van der Waals surface area (Å²) in [4.78, 5) is 28.7. The van der Waals surface area contributed by atoms with Crippen LogP contribution in [0.5, 0.6) is 0 Å². The van der Waals surface area contributed by atoms with Crippen molar-refractivity contribution in [1.29, 1.82) is 0 Å². The first kappa shape index (κ1) is 19.4.